The molecule has 0 aliphatic heterocycles. The maximum atomic E-state index is 12.0. The first kappa shape index (κ1) is 16.2. The van der Waals surface area contributed by atoms with Gasteiger partial charge in [-0.15, -0.1) is 0 Å². The van der Waals surface area contributed by atoms with E-state index in [2.05, 4.69) is 17.5 Å². The van der Waals surface area contributed by atoms with E-state index in [4.69, 9.17) is 15.3 Å². The molecule has 5 heteroatoms. The third-order valence-corrected chi connectivity index (χ3v) is 3.35. The van der Waals surface area contributed by atoms with Crippen molar-refractivity contribution >= 4 is 5.97 Å². The minimum atomic E-state index is -0.681. The van der Waals surface area contributed by atoms with E-state index in [1.165, 1.54) is 7.11 Å². The molecule has 0 aliphatic carbocycles. The second kappa shape index (κ2) is 7.74. The zero-order chi connectivity index (χ0) is 16.7. The number of carbonyl (C=O) groups excluding carboxylic acids is 1. The lowest BCUT2D eigenvalue weighted by Crippen LogP contribution is -2.29. The smallest absolute Gasteiger partial charge is 0.327 e. The first-order valence-corrected chi connectivity index (χ1v) is 6.98. The summed E-state index contributed by atoms with van der Waals surface area (Å²) in [6.45, 7) is 0.395. The normalized spacial score (nSPS) is 11.1. The van der Waals surface area contributed by atoms with Crippen LogP contribution >= 0.6 is 0 Å². The van der Waals surface area contributed by atoms with Crippen LogP contribution in [-0.2, 0) is 16.1 Å². The Hall–Kier alpha value is -3.15. The minimum absolute atomic E-state index is 0.395. The first-order valence-electron chi connectivity index (χ1n) is 6.98. The Labute approximate surface area is 134 Å². The molecule has 0 aliphatic rings. The highest BCUT2D eigenvalue weighted by molar-refractivity contribution is 5.77. The van der Waals surface area contributed by atoms with Crippen LogP contribution in [0.4, 0.5) is 0 Å². The first-order chi connectivity index (χ1) is 11.2. The topological polar surface area (TPSA) is 85.9 Å². The molecule has 0 saturated carbocycles. The van der Waals surface area contributed by atoms with Crippen LogP contribution in [0.5, 0.6) is 0 Å². The van der Waals surface area contributed by atoms with Crippen molar-refractivity contribution in [2.45, 2.75) is 12.6 Å². The molecule has 2 aromatic rings. The largest absolute Gasteiger partial charge is 0.468 e. The van der Waals surface area contributed by atoms with Gasteiger partial charge in [-0.25, -0.2) is 4.79 Å². The fourth-order valence-corrected chi connectivity index (χ4v) is 2.21. The van der Waals surface area contributed by atoms with Crippen molar-refractivity contribution in [1.29, 1.82) is 10.5 Å². The fourth-order valence-electron chi connectivity index (χ4n) is 2.21. The van der Waals surface area contributed by atoms with Crippen LogP contribution in [0.2, 0.25) is 0 Å². The summed E-state index contributed by atoms with van der Waals surface area (Å²) >= 11 is 0. The van der Waals surface area contributed by atoms with Gasteiger partial charge in [-0.1, -0.05) is 24.3 Å². The molecule has 0 amide bonds. The Morgan fingerprint density at radius 1 is 1.13 bits per heavy atom. The van der Waals surface area contributed by atoms with Crippen LogP contribution in [-0.4, -0.2) is 13.1 Å². The summed E-state index contributed by atoms with van der Waals surface area (Å²) in [7, 11) is 1.32. The van der Waals surface area contributed by atoms with E-state index >= 15 is 0 Å². The lowest BCUT2D eigenvalue weighted by molar-refractivity contribution is -0.143. The predicted molar refractivity (Wildman–Crippen MR) is 83.9 cm³/mol. The van der Waals surface area contributed by atoms with E-state index in [1.807, 2.05) is 6.07 Å². The standard InChI is InChI=1S/C18H15N3O2/c1-23-18(22)17(16-7-3-5-14(9-16)11-20)21-12-15-6-2-4-13(8-15)10-19/h2-9,17,21H,12H2,1H3. The number of hydrogen-bond acceptors (Lipinski definition) is 5. The summed E-state index contributed by atoms with van der Waals surface area (Å²) in [6, 6.07) is 17.4. The second-order valence-electron chi connectivity index (χ2n) is 4.89. The average Bonchev–Trinajstić information content (AvgIpc) is 2.62. The molecule has 1 atom stereocenters. The molecule has 0 heterocycles. The minimum Gasteiger partial charge on any atom is -0.468 e. The quantitative estimate of drug-likeness (QED) is 0.857. The van der Waals surface area contributed by atoms with Crippen LogP contribution in [0.3, 0.4) is 0 Å². The number of methoxy groups -OCH3 is 1. The second-order valence-corrected chi connectivity index (χ2v) is 4.89. The van der Waals surface area contributed by atoms with Crippen molar-refractivity contribution in [2.75, 3.05) is 7.11 Å². The Morgan fingerprint density at radius 2 is 1.78 bits per heavy atom. The van der Waals surface area contributed by atoms with Crippen molar-refractivity contribution in [3.8, 4) is 12.1 Å². The number of esters is 1. The SMILES string of the molecule is COC(=O)C(NCc1cccc(C#N)c1)c1cccc(C#N)c1. The number of rotatable bonds is 5. The highest BCUT2D eigenvalue weighted by atomic mass is 16.5. The predicted octanol–water partition coefficient (Wildman–Crippen LogP) is 2.43. The zero-order valence-electron chi connectivity index (χ0n) is 12.6. The van der Waals surface area contributed by atoms with E-state index in [9.17, 15) is 4.79 Å². The van der Waals surface area contributed by atoms with Crippen molar-refractivity contribution in [3.05, 3.63) is 70.8 Å². The van der Waals surface area contributed by atoms with Crippen LogP contribution in [0, 0.1) is 22.7 Å². The van der Waals surface area contributed by atoms with Crippen molar-refractivity contribution < 1.29 is 9.53 Å². The summed E-state index contributed by atoms with van der Waals surface area (Å²) in [6.07, 6.45) is 0. The van der Waals surface area contributed by atoms with Gasteiger partial charge >= 0.3 is 5.97 Å². The number of benzene rings is 2. The molecule has 0 bridgehead atoms. The summed E-state index contributed by atoms with van der Waals surface area (Å²) < 4.78 is 4.84. The summed E-state index contributed by atoms with van der Waals surface area (Å²) in [5, 5.41) is 21.0. The molecule has 0 saturated heterocycles. The van der Waals surface area contributed by atoms with Gasteiger partial charge in [0.25, 0.3) is 0 Å². The molecule has 0 aromatic heterocycles. The Morgan fingerprint density at radius 3 is 2.43 bits per heavy atom. The lowest BCUT2D eigenvalue weighted by Gasteiger charge is -2.17. The van der Waals surface area contributed by atoms with Gasteiger partial charge in [-0.3, -0.25) is 5.32 Å². The lowest BCUT2D eigenvalue weighted by atomic mass is 10.0. The molecule has 1 unspecified atom stereocenters. The number of ether oxygens (including phenoxy) is 1. The number of carbonyl (C=O) groups is 1. The molecule has 5 nitrogen and oxygen atoms in total. The van der Waals surface area contributed by atoms with Crippen molar-refractivity contribution in [1.82, 2.24) is 5.32 Å². The molecule has 0 radical (unpaired) electrons. The third kappa shape index (κ3) is 4.16. The molecule has 2 aromatic carbocycles. The van der Waals surface area contributed by atoms with E-state index < -0.39 is 12.0 Å². The Balaban J connectivity index is 2.21. The Bertz CT molecular complexity index is 787. The van der Waals surface area contributed by atoms with Gasteiger partial charge in [0.05, 0.1) is 30.4 Å². The van der Waals surface area contributed by atoms with E-state index in [0.717, 1.165) is 5.56 Å². The van der Waals surface area contributed by atoms with Gasteiger partial charge in [0.2, 0.25) is 0 Å². The van der Waals surface area contributed by atoms with Crippen molar-refractivity contribution in [2.24, 2.45) is 0 Å². The zero-order valence-corrected chi connectivity index (χ0v) is 12.6. The highest BCUT2D eigenvalue weighted by Crippen LogP contribution is 2.17. The van der Waals surface area contributed by atoms with Gasteiger partial charge in [-0.05, 0) is 35.4 Å². The van der Waals surface area contributed by atoms with Crippen LogP contribution in [0.1, 0.15) is 28.3 Å². The fraction of sp³-hybridized carbons (Fsp3) is 0.167. The number of nitrogens with one attached hydrogen (secondary N) is 1. The molecule has 1 N–H and O–H groups in total. The molecule has 2 rings (SSSR count). The third-order valence-electron chi connectivity index (χ3n) is 3.35. The number of nitrogens with zero attached hydrogens (tertiary/aromatic N) is 2. The maximum absolute atomic E-state index is 12.0. The Kier molecular flexibility index (Phi) is 5.46. The van der Waals surface area contributed by atoms with Gasteiger partial charge in [0, 0.05) is 6.54 Å². The molecular weight excluding hydrogens is 290 g/mol. The van der Waals surface area contributed by atoms with Gasteiger partial charge in [0.1, 0.15) is 6.04 Å². The summed E-state index contributed by atoms with van der Waals surface area (Å²) in [5.74, 6) is -0.434. The molecular formula is C18H15N3O2. The summed E-state index contributed by atoms with van der Waals surface area (Å²) in [4.78, 5) is 12.0. The van der Waals surface area contributed by atoms with E-state index in [1.54, 1.807) is 42.5 Å². The summed E-state index contributed by atoms with van der Waals surface area (Å²) in [5.41, 5.74) is 2.58. The van der Waals surface area contributed by atoms with Crippen molar-refractivity contribution in [3.63, 3.8) is 0 Å². The number of hydrogen-bond donors (Lipinski definition) is 1. The monoisotopic (exact) mass is 305 g/mol. The average molecular weight is 305 g/mol. The molecule has 114 valence electrons. The van der Waals surface area contributed by atoms with Gasteiger partial charge in [0.15, 0.2) is 0 Å². The highest BCUT2D eigenvalue weighted by Gasteiger charge is 2.21. The molecule has 0 fully saturated rings. The van der Waals surface area contributed by atoms with Crippen LogP contribution < -0.4 is 5.32 Å². The molecule has 23 heavy (non-hydrogen) atoms. The van der Waals surface area contributed by atoms with E-state index in [0.29, 0.717) is 23.2 Å². The molecule has 0 spiro atoms. The van der Waals surface area contributed by atoms with Gasteiger partial charge in [-0.2, -0.15) is 10.5 Å². The maximum Gasteiger partial charge on any atom is 0.327 e. The number of nitriles is 2. The van der Waals surface area contributed by atoms with Gasteiger partial charge < -0.3 is 4.74 Å². The van der Waals surface area contributed by atoms with Crippen LogP contribution in [0.15, 0.2) is 48.5 Å². The van der Waals surface area contributed by atoms with Crippen LogP contribution in [0.25, 0.3) is 0 Å². The van der Waals surface area contributed by atoms with E-state index in [-0.39, 0.29) is 0 Å².